The highest BCUT2D eigenvalue weighted by molar-refractivity contribution is 6.34. The number of carbonyl (C=O) groups is 4. The Morgan fingerprint density at radius 1 is 1.17 bits per heavy atom. The smallest absolute Gasteiger partial charge is 0.313 e. The number of para-hydroxylation sites is 1. The third kappa shape index (κ3) is 6.59. The van der Waals surface area contributed by atoms with Crippen molar-refractivity contribution in [3.05, 3.63) is 90.5 Å². The van der Waals surface area contributed by atoms with E-state index in [2.05, 4.69) is 18.5 Å². The van der Waals surface area contributed by atoms with E-state index in [0.717, 1.165) is 0 Å². The lowest BCUT2D eigenvalue weighted by Gasteiger charge is -2.37. The van der Waals surface area contributed by atoms with Crippen molar-refractivity contribution in [3.63, 3.8) is 0 Å². The molecule has 2 N–H and O–H groups in total. The van der Waals surface area contributed by atoms with Gasteiger partial charge in [0, 0.05) is 26.1 Å². The maximum Gasteiger partial charge on any atom is 0.313 e. The zero-order chi connectivity index (χ0) is 33.7. The summed E-state index contributed by atoms with van der Waals surface area (Å²) < 4.78 is 12.8. The van der Waals surface area contributed by atoms with E-state index in [0.29, 0.717) is 35.5 Å². The second kappa shape index (κ2) is 14.8. The lowest BCUT2D eigenvalue weighted by molar-refractivity contribution is -0.162. The molecule has 3 aliphatic rings. The molecule has 2 aromatic carbocycles. The van der Waals surface area contributed by atoms with Crippen LogP contribution in [-0.4, -0.2) is 77.2 Å². The van der Waals surface area contributed by atoms with Crippen LogP contribution >= 0.6 is 11.6 Å². The Hall–Kier alpha value is -3.99. The Bertz CT molecular complexity index is 1500. The molecule has 47 heavy (non-hydrogen) atoms. The van der Waals surface area contributed by atoms with Gasteiger partial charge in [-0.2, -0.15) is 0 Å². The molecule has 3 aliphatic heterocycles. The van der Waals surface area contributed by atoms with Crippen molar-refractivity contribution < 1.29 is 33.8 Å². The summed E-state index contributed by atoms with van der Waals surface area (Å²) in [7, 11) is 0. The molecule has 3 saturated heterocycles. The van der Waals surface area contributed by atoms with Gasteiger partial charge in [0.15, 0.2) is 0 Å². The molecule has 10 nitrogen and oxygen atoms in total. The molecule has 3 heterocycles. The molecular weight excluding hydrogens is 622 g/mol. The lowest BCUT2D eigenvalue weighted by Crippen LogP contribution is -2.56. The number of allylic oxidation sites excluding steroid dienone is 1. The third-order valence-corrected chi connectivity index (χ3v) is 9.69. The van der Waals surface area contributed by atoms with Crippen molar-refractivity contribution in [1.29, 1.82) is 0 Å². The number of nitrogens with zero attached hydrogens (tertiary/aromatic N) is 2. The molecule has 0 unspecified atom stereocenters. The summed E-state index contributed by atoms with van der Waals surface area (Å²) in [6, 6.07) is 14.4. The van der Waals surface area contributed by atoms with Gasteiger partial charge >= 0.3 is 5.97 Å². The highest BCUT2D eigenvalue weighted by Gasteiger charge is 2.75. The molecule has 2 bridgehead atoms. The maximum atomic E-state index is 14.6. The topological polar surface area (TPSA) is 125 Å². The first-order valence-electron chi connectivity index (χ1n) is 16.1. The fraction of sp³-hybridized carbons (Fsp3) is 0.444. The van der Waals surface area contributed by atoms with Crippen LogP contribution in [-0.2, 0) is 28.7 Å². The van der Waals surface area contributed by atoms with Crippen LogP contribution in [0.4, 0.5) is 5.69 Å². The molecule has 0 aromatic heterocycles. The Kier molecular flexibility index (Phi) is 10.8. The third-order valence-electron chi connectivity index (χ3n) is 9.37. The largest absolute Gasteiger partial charge is 0.455 e. The van der Waals surface area contributed by atoms with Crippen LogP contribution in [0.3, 0.4) is 0 Å². The van der Waals surface area contributed by atoms with E-state index in [1.807, 2.05) is 30.3 Å². The number of hydrogen-bond acceptors (Lipinski definition) is 7. The van der Waals surface area contributed by atoms with E-state index in [1.165, 1.54) is 9.80 Å². The number of amides is 3. The Labute approximate surface area is 280 Å². The molecular formula is C36H42ClN3O7. The number of ether oxygens (including phenoxy) is 2. The van der Waals surface area contributed by atoms with Crippen LogP contribution < -0.4 is 10.2 Å². The van der Waals surface area contributed by atoms with Crippen LogP contribution in [0, 0.1) is 11.8 Å². The average molecular weight is 664 g/mol. The number of nitrogens with one attached hydrogen (secondary N) is 1. The number of carbonyl (C=O) groups excluding carboxylic acids is 4. The van der Waals surface area contributed by atoms with Crippen molar-refractivity contribution >= 4 is 41.0 Å². The molecule has 3 amide bonds. The fourth-order valence-corrected chi connectivity index (χ4v) is 7.61. The first kappa shape index (κ1) is 34.3. The van der Waals surface area contributed by atoms with E-state index in [1.54, 1.807) is 43.3 Å². The molecule has 2 aromatic rings. The predicted molar refractivity (Wildman–Crippen MR) is 177 cm³/mol. The SMILES string of the molecule is C=CCCC(=O)N[C@H](C)[C@@H](OC(=O)[C@@H]1[C@@H]2CC[C@]3(O2)[C@H](C(=O)N(CC=C)c2ccccc2Cl)N(CCCO)C(=O)[C@@H]13)c1ccccc1. The Balaban J connectivity index is 1.47. The highest BCUT2D eigenvalue weighted by Crippen LogP contribution is 2.59. The molecule has 250 valence electrons. The van der Waals surface area contributed by atoms with Gasteiger partial charge in [-0.3, -0.25) is 19.2 Å². The monoisotopic (exact) mass is 663 g/mol. The number of hydrogen-bond donors (Lipinski definition) is 2. The molecule has 0 radical (unpaired) electrons. The summed E-state index contributed by atoms with van der Waals surface area (Å²) >= 11 is 6.52. The van der Waals surface area contributed by atoms with Crippen molar-refractivity contribution in [3.8, 4) is 0 Å². The van der Waals surface area contributed by atoms with Gasteiger partial charge in [0.1, 0.15) is 17.7 Å². The van der Waals surface area contributed by atoms with Crippen LogP contribution in [0.2, 0.25) is 5.02 Å². The quantitative estimate of drug-likeness (QED) is 0.214. The zero-order valence-corrected chi connectivity index (χ0v) is 27.3. The standard InChI is InChI=1S/C36H42ClN3O7/c1-4-6-17-28(42)38-23(3)31(24-13-8-7-9-14-24)46-35(45)29-27-18-19-36(47-27)30(29)33(43)40(21-12-22-41)32(36)34(44)39(20-5-2)26-16-11-10-15-25(26)37/h4-5,7-11,13-16,23,27,29-32,41H,1-2,6,12,17-22H2,3H3,(H,38,42)/t23-,27+,29-,30-,31-,32+,36-/m1/s1. The van der Waals surface area contributed by atoms with E-state index < -0.39 is 53.6 Å². The van der Waals surface area contributed by atoms with Gasteiger partial charge in [0.25, 0.3) is 5.91 Å². The number of fused-ring (bicyclic) bond motifs is 1. The van der Waals surface area contributed by atoms with Crippen LogP contribution in [0.5, 0.6) is 0 Å². The maximum absolute atomic E-state index is 14.6. The lowest BCUT2D eigenvalue weighted by atomic mass is 9.70. The normalized spacial score (nSPS) is 25.5. The second-order valence-corrected chi connectivity index (χ2v) is 12.7. The Morgan fingerprint density at radius 3 is 2.57 bits per heavy atom. The van der Waals surface area contributed by atoms with Crippen molar-refractivity contribution in [2.75, 3.05) is 24.6 Å². The first-order chi connectivity index (χ1) is 22.7. The van der Waals surface area contributed by atoms with Gasteiger partial charge in [0.05, 0.1) is 34.7 Å². The fourth-order valence-electron chi connectivity index (χ4n) is 7.38. The van der Waals surface area contributed by atoms with E-state index in [-0.39, 0.29) is 44.4 Å². The van der Waals surface area contributed by atoms with Gasteiger partial charge in [-0.05, 0) is 50.3 Å². The summed E-state index contributed by atoms with van der Waals surface area (Å²) in [4.78, 5) is 58.6. The summed E-state index contributed by atoms with van der Waals surface area (Å²) in [5.41, 5.74) is -0.121. The molecule has 7 atom stereocenters. The number of anilines is 1. The van der Waals surface area contributed by atoms with Crippen molar-refractivity contribution in [2.45, 2.75) is 68.9 Å². The van der Waals surface area contributed by atoms with Gasteiger partial charge in [-0.1, -0.05) is 66.2 Å². The first-order valence-corrected chi connectivity index (χ1v) is 16.5. The Morgan fingerprint density at radius 2 is 1.89 bits per heavy atom. The van der Waals surface area contributed by atoms with E-state index >= 15 is 0 Å². The molecule has 1 spiro atoms. The van der Waals surface area contributed by atoms with E-state index in [9.17, 15) is 24.3 Å². The van der Waals surface area contributed by atoms with Crippen molar-refractivity contribution in [2.24, 2.45) is 11.8 Å². The zero-order valence-electron chi connectivity index (χ0n) is 26.6. The van der Waals surface area contributed by atoms with E-state index in [4.69, 9.17) is 21.1 Å². The summed E-state index contributed by atoms with van der Waals surface area (Å²) in [5.74, 6) is -3.55. The molecule has 0 saturated carbocycles. The number of rotatable bonds is 15. The number of esters is 1. The summed E-state index contributed by atoms with van der Waals surface area (Å²) in [6.45, 7) is 9.30. The number of likely N-dealkylation sites (tertiary alicyclic amines) is 1. The minimum Gasteiger partial charge on any atom is -0.455 e. The number of benzene rings is 2. The highest BCUT2D eigenvalue weighted by atomic mass is 35.5. The van der Waals surface area contributed by atoms with Gasteiger partial charge < -0.3 is 29.7 Å². The second-order valence-electron chi connectivity index (χ2n) is 12.3. The summed E-state index contributed by atoms with van der Waals surface area (Å²) in [5, 5.41) is 13.0. The molecule has 0 aliphatic carbocycles. The van der Waals surface area contributed by atoms with Crippen LogP contribution in [0.1, 0.15) is 50.7 Å². The van der Waals surface area contributed by atoms with Gasteiger partial charge in [0.2, 0.25) is 11.8 Å². The van der Waals surface area contributed by atoms with Gasteiger partial charge in [-0.25, -0.2) is 0 Å². The number of aliphatic hydroxyl groups excluding tert-OH is 1. The predicted octanol–water partition coefficient (Wildman–Crippen LogP) is 4.37. The summed E-state index contributed by atoms with van der Waals surface area (Å²) in [6.07, 6.45) is 3.62. The number of aliphatic hydroxyl groups is 1. The molecule has 11 heteroatoms. The molecule has 3 fully saturated rings. The number of halogens is 1. The minimum atomic E-state index is -1.27. The average Bonchev–Trinajstić information content (AvgIpc) is 3.71. The van der Waals surface area contributed by atoms with Crippen molar-refractivity contribution in [1.82, 2.24) is 10.2 Å². The van der Waals surface area contributed by atoms with Gasteiger partial charge in [-0.15, -0.1) is 13.2 Å². The molecule has 5 rings (SSSR count). The van der Waals surface area contributed by atoms with Crippen LogP contribution in [0.25, 0.3) is 0 Å². The van der Waals surface area contributed by atoms with Crippen LogP contribution in [0.15, 0.2) is 79.9 Å². The minimum absolute atomic E-state index is 0.102.